The number of methoxy groups -OCH3 is 1. The van der Waals surface area contributed by atoms with E-state index in [2.05, 4.69) is 4.98 Å². The molecule has 3 rings (SSSR count). The average molecular weight is 307 g/mol. The fourth-order valence-corrected chi connectivity index (χ4v) is 2.88. The summed E-state index contributed by atoms with van der Waals surface area (Å²) in [5.74, 6) is 1.01. The number of hydrogen-bond donors (Lipinski definition) is 1. The van der Waals surface area contributed by atoms with Crippen LogP contribution in [-0.2, 0) is 11.2 Å². The maximum absolute atomic E-state index is 10.6. The van der Waals surface area contributed by atoms with Crippen molar-refractivity contribution in [2.75, 3.05) is 13.9 Å². The van der Waals surface area contributed by atoms with E-state index in [1.54, 1.807) is 7.11 Å². The second kappa shape index (κ2) is 5.61. The van der Waals surface area contributed by atoms with Gasteiger partial charge in [0.15, 0.2) is 11.5 Å². The molecular formula is C14H13NO5S. The predicted octanol–water partition coefficient (Wildman–Crippen LogP) is 2.56. The minimum Gasteiger partial charge on any atom is -0.493 e. The highest BCUT2D eigenvalue weighted by atomic mass is 32.1. The Balaban J connectivity index is 1.88. The first kappa shape index (κ1) is 13.7. The van der Waals surface area contributed by atoms with E-state index < -0.39 is 5.97 Å². The minimum absolute atomic E-state index is 0.0770. The van der Waals surface area contributed by atoms with Crippen LogP contribution in [0.5, 0.6) is 17.2 Å². The molecule has 7 heteroatoms. The summed E-state index contributed by atoms with van der Waals surface area (Å²) in [6, 6.07) is 3.69. The summed E-state index contributed by atoms with van der Waals surface area (Å²) in [7, 11) is 1.57. The van der Waals surface area contributed by atoms with Crippen molar-refractivity contribution in [1.82, 2.24) is 4.98 Å². The first-order valence-electron chi connectivity index (χ1n) is 6.31. The van der Waals surface area contributed by atoms with Crippen LogP contribution in [0.15, 0.2) is 17.5 Å². The summed E-state index contributed by atoms with van der Waals surface area (Å²) in [6.07, 6.45) is 0.501. The molecule has 0 saturated heterocycles. The lowest BCUT2D eigenvalue weighted by molar-refractivity contribution is -0.136. The summed E-state index contributed by atoms with van der Waals surface area (Å²) in [4.78, 5) is 15.0. The molecule has 21 heavy (non-hydrogen) atoms. The van der Waals surface area contributed by atoms with E-state index in [9.17, 15) is 4.79 Å². The van der Waals surface area contributed by atoms with Crippen LogP contribution in [0.4, 0.5) is 0 Å². The van der Waals surface area contributed by atoms with Gasteiger partial charge < -0.3 is 19.3 Å². The number of rotatable bonds is 5. The Hall–Kier alpha value is -2.28. The third-order valence-electron chi connectivity index (χ3n) is 3.05. The fourth-order valence-electron chi connectivity index (χ4n) is 2.04. The molecule has 0 radical (unpaired) electrons. The number of benzene rings is 1. The maximum Gasteiger partial charge on any atom is 0.303 e. The van der Waals surface area contributed by atoms with E-state index in [4.69, 9.17) is 19.3 Å². The van der Waals surface area contributed by atoms with E-state index in [0.29, 0.717) is 23.7 Å². The quantitative estimate of drug-likeness (QED) is 0.914. The van der Waals surface area contributed by atoms with Crippen LogP contribution in [-0.4, -0.2) is 30.0 Å². The van der Waals surface area contributed by atoms with Gasteiger partial charge in [0.25, 0.3) is 0 Å². The molecule has 110 valence electrons. The molecule has 0 fully saturated rings. The van der Waals surface area contributed by atoms with Gasteiger partial charge >= 0.3 is 5.97 Å². The van der Waals surface area contributed by atoms with Crippen LogP contribution < -0.4 is 14.2 Å². The number of aliphatic carboxylic acids is 1. The zero-order chi connectivity index (χ0) is 14.8. The molecule has 0 amide bonds. The Bertz CT molecular complexity index is 682. The van der Waals surface area contributed by atoms with Crippen molar-refractivity contribution in [1.29, 1.82) is 0 Å². The van der Waals surface area contributed by atoms with Gasteiger partial charge in [-0.2, -0.15) is 0 Å². The molecule has 2 heterocycles. The molecule has 0 atom stereocenters. The van der Waals surface area contributed by atoms with E-state index >= 15 is 0 Å². The molecule has 2 aromatic rings. The Kier molecular flexibility index (Phi) is 3.66. The molecule has 0 aliphatic carbocycles. The van der Waals surface area contributed by atoms with Crippen molar-refractivity contribution in [3.05, 3.63) is 23.2 Å². The van der Waals surface area contributed by atoms with Gasteiger partial charge in [0, 0.05) is 17.4 Å². The summed E-state index contributed by atoms with van der Waals surface area (Å²) in [5, 5.41) is 11.4. The number of carboxylic acid groups (broad SMARTS) is 1. The molecule has 1 aromatic carbocycles. The lowest BCUT2D eigenvalue weighted by atomic mass is 10.2. The standard InChI is InChI=1S/C14H13NO5S/c1-18-10-4-8(5-11-13(10)20-7-19-11)14-15-9(6-21-14)2-3-12(16)17/h4-6H,2-3,7H2,1H3,(H,16,17). The van der Waals surface area contributed by atoms with Gasteiger partial charge in [-0.3, -0.25) is 4.79 Å². The Morgan fingerprint density at radius 1 is 1.48 bits per heavy atom. The van der Waals surface area contributed by atoms with Crippen LogP contribution in [0, 0.1) is 0 Å². The number of carboxylic acids is 1. The molecule has 1 aromatic heterocycles. The first-order chi connectivity index (χ1) is 10.2. The molecule has 6 nitrogen and oxygen atoms in total. The second-order valence-corrected chi connectivity index (χ2v) is 5.31. The molecule has 0 unspecified atom stereocenters. The van der Waals surface area contributed by atoms with Crippen LogP contribution in [0.1, 0.15) is 12.1 Å². The number of ether oxygens (including phenoxy) is 3. The molecule has 1 aliphatic rings. The lowest BCUT2D eigenvalue weighted by Gasteiger charge is -2.06. The van der Waals surface area contributed by atoms with Crippen molar-refractivity contribution >= 4 is 17.3 Å². The monoisotopic (exact) mass is 307 g/mol. The number of fused-ring (bicyclic) bond motifs is 1. The number of nitrogens with zero attached hydrogens (tertiary/aromatic N) is 1. The first-order valence-corrected chi connectivity index (χ1v) is 7.19. The minimum atomic E-state index is -0.825. The highest BCUT2D eigenvalue weighted by Crippen LogP contribution is 2.44. The van der Waals surface area contributed by atoms with Crippen molar-refractivity contribution in [2.24, 2.45) is 0 Å². The van der Waals surface area contributed by atoms with Crippen LogP contribution in [0.3, 0.4) is 0 Å². The van der Waals surface area contributed by atoms with Crippen LogP contribution in [0.25, 0.3) is 10.6 Å². The largest absolute Gasteiger partial charge is 0.493 e. The van der Waals surface area contributed by atoms with Crippen molar-refractivity contribution < 1.29 is 24.1 Å². The topological polar surface area (TPSA) is 77.9 Å². The van der Waals surface area contributed by atoms with Gasteiger partial charge in [0.2, 0.25) is 12.5 Å². The maximum atomic E-state index is 10.6. The number of carbonyl (C=O) groups is 1. The molecular weight excluding hydrogens is 294 g/mol. The van der Waals surface area contributed by atoms with E-state index in [0.717, 1.165) is 16.3 Å². The molecule has 0 bridgehead atoms. The lowest BCUT2D eigenvalue weighted by Crippen LogP contribution is -1.97. The Morgan fingerprint density at radius 2 is 2.33 bits per heavy atom. The zero-order valence-corrected chi connectivity index (χ0v) is 12.1. The van der Waals surface area contributed by atoms with Crippen molar-refractivity contribution in [3.8, 4) is 27.8 Å². The summed E-state index contributed by atoms with van der Waals surface area (Å²) < 4.78 is 16.0. The number of hydrogen-bond acceptors (Lipinski definition) is 6. The summed E-state index contributed by atoms with van der Waals surface area (Å²) in [5.41, 5.74) is 1.64. The highest BCUT2D eigenvalue weighted by Gasteiger charge is 2.21. The van der Waals surface area contributed by atoms with E-state index in [-0.39, 0.29) is 13.2 Å². The van der Waals surface area contributed by atoms with Gasteiger partial charge in [-0.15, -0.1) is 11.3 Å². The van der Waals surface area contributed by atoms with Gasteiger partial charge in [-0.1, -0.05) is 0 Å². The highest BCUT2D eigenvalue weighted by molar-refractivity contribution is 7.13. The van der Waals surface area contributed by atoms with Crippen LogP contribution >= 0.6 is 11.3 Å². The zero-order valence-electron chi connectivity index (χ0n) is 11.3. The van der Waals surface area contributed by atoms with E-state index in [1.807, 2.05) is 17.5 Å². The average Bonchev–Trinajstić information content (AvgIpc) is 3.12. The van der Waals surface area contributed by atoms with Gasteiger partial charge in [-0.05, 0) is 12.1 Å². The number of thiazole rings is 1. The summed E-state index contributed by atoms with van der Waals surface area (Å²) >= 11 is 1.46. The van der Waals surface area contributed by atoms with Gasteiger partial charge in [0.05, 0.1) is 19.2 Å². The Labute approximate surface area is 124 Å². The van der Waals surface area contributed by atoms with Crippen LogP contribution in [0.2, 0.25) is 0 Å². The fraction of sp³-hybridized carbons (Fsp3) is 0.286. The predicted molar refractivity (Wildman–Crippen MR) is 76.2 cm³/mol. The molecule has 1 N–H and O–H groups in total. The number of aryl methyl sites for hydroxylation is 1. The molecule has 1 aliphatic heterocycles. The third-order valence-corrected chi connectivity index (χ3v) is 3.99. The smallest absolute Gasteiger partial charge is 0.303 e. The van der Waals surface area contributed by atoms with Gasteiger partial charge in [-0.25, -0.2) is 4.98 Å². The van der Waals surface area contributed by atoms with E-state index in [1.165, 1.54) is 11.3 Å². The van der Waals surface area contributed by atoms with Gasteiger partial charge in [0.1, 0.15) is 5.01 Å². The van der Waals surface area contributed by atoms with Crippen molar-refractivity contribution in [3.63, 3.8) is 0 Å². The number of aromatic nitrogens is 1. The van der Waals surface area contributed by atoms with Crippen molar-refractivity contribution in [2.45, 2.75) is 12.8 Å². The molecule has 0 saturated carbocycles. The molecule has 0 spiro atoms. The summed E-state index contributed by atoms with van der Waals surface area (Å²) in [6.45, 7) is 0.177. The second-order valence-electron chi connectivity index (χ2n) is 4.45. The SMILES string of the molecule is COc1cc(-c2nc(CCC(=O)O)cs2)cc2c1OCO2. The Morgan fingerprint density at radius 3 is 3.10 bits per heavy atom. The third kappa shape index (κ3) is 2.78. The normalized spacial score (nSPS) is 12.4.